The van der Waals surface area contributed by atoms with Gasteiger partial charge in [0.2, 0.25) is 0 Å². The van der Waals surface area contributed by atoms with Gasteiger partial charge in [0.1, 0.15) is 0 Å². The SMILES string of the molecule is C=C(C)C=Cc1ccc([N+](=O)[O-])cc1. The number of rotatable bonds is 3. The summed E-state index contributed by atoms with van der Waals surface area (Å²) >= 11 is 0. The molecule has 14 heavy (non-hydrogen) atoms. The molecular formula is C11H11NO2. The average molecular weight is 189 g/mol. The van der Waals surface area contributed by atoms with Crippen LogP contribution in [0, 0.1) is 10.1 Å². The van der Waals surface area contributed by atoms with E-state index in [1.165, 1.54) is 12.1 Å². The molecule has 72 valence electrons. The Morgan fingerprint density at radius 3 is 2.43 bits per heavy atom. The van der Waals surface area contributed by atoms with E-state index < -0.39 is 4.92 Å². The molecule has 0 spiro atoms. The van der Waals surface area contributed by atoms with Crippen molar-refractivity contribution < 1.29 is 4.92 Å². The van der Waals surface area contributed by atoms with Crippen molar-refractivity contribution in [2.75, 3.05) is 0 Å². The van der Waals surface area contributed by atoms with E-state index in [1.807, 2.05) is 19.1 Å². The van der Waals surface area contributed by atoms with Crippen molar-refractivity contribution in [3.63, 3.8) is 0 Å². The first-order valence-electron chi connectivity index (χ1n) is 4.17. The van der Waals surface area contributed by atoms with Crippen LogP contribution in [0.3, 0.4) is 0 Å². The number of benzene rings is 1. The zero-order valence-electron chi connectivity index (χ0n) is 7.93. The molecule has 0 unspecified atom stereocenters. The molecule has 1 rings (SSSR count). The van der Waals surface area contributed by atoms with Gasteiger partial charge in [-0.2, -0.15) is 0 Å². The molecule has 0 aliphatic rings. The van der Waals surface area contributed by atoms with E-state index in [2.05, 4.69) is 6.58 Å². The second kappa shape index (κ2) is 4.37. The summed E-state index contributed by atoms with van der Waals surface area (Å²) in [6.07, 6.45) is 3.73. The van der Waals surface area contributed by atoms with Crippen molar-refractivity contribution in [2.24, 2.45) is 0 Å². The van der Waals surface area contributed by atoms with Crippen molar-refractivity contribution in [3.05, 3.63) is 58.2 Å². The zero-order valence-corrected chi connectivity index (χ0v) is 7.93. The van der Waals surface area contributed by atoms with Crippen LogP contribution >= 0.6 is 0 Å². The molecule has 0 aliphatic carbocycles. The van der Waals surface area contributed by atoms with Gasteiger partial charge in [-0.15, -0.1) is 0 Å². The molecule has 0 bridgehead atoms. The standard InChI is InChI=1S/C11H11NO2/c1-9(2)3-4-10-5-7-11(8-6-10)12(13)14/h3-8H,1H2,2H3. The maximum absolute atomic E-state index is 10.4. The monoisotopic (exact) mass is 189 g/mol. The third-order valence-corrected chi connectivity index (χ3v) is 1.66. The van der Waals surface area contributed by atoms with Gasteiger partial charge in [-0.25, -0.2) is 0 Å². The maximum Gasteiger partial charge on any atom is 0.269 e. The van der Waals surface area contributed by atoms with E-state index in [-0.39, 0.29) is 5.69 Å². The Morgan fingerprint density at radius 2 is 2.00 bits per heavy atom. The first-order chi connectivity index (χ1) is 6.59. The third kappa shape index (κ3) is 2.86. The molecule has 0 heterocycles. The molecule has 0 saturated carbocycles. The van der Waals surface area contributed by atoms with Gasteiger partial charge in [0.15, 0.2) is 0 Å². The number of nitro benzene ring substituents is 1. The first kappa shape index (κ1) is 10.2. The van der Waals surface area contributed by atoms with Crippen LogP contribution in [-0.4, -0.2) is 4.92 Å². The van der Waals surface area contributed by atoms with Gasteiger partial charge in [-0.05, 0) is 24.6 Å². The van der Waals surface area contributed by atoms with E-state index in [0.29, 0.717) is 0 Å². The topological polar surface area (TPSA) is 43.1 Å². The molecule has 0 saturated heterocycles. The average Bonchev–Trinajstić information content (AvgIpc) is 2.15. The normalized spacial score (nSPS) is 10.4. The minimum absolute atomic E-state index is 0.109. The molecule has 3 nitrogen and oxygen atoms in total. The van der Waals surface area contributed by atoms with Crippen LogP contribution in [0.1, 0.15) is 12.5 Å². The fraction of sp³-hybridized carbons (Fsp3) is 0.0909. The predicted octanol–water partition coefficient (Wildman–Crippen LogP) is 3.18. The zero-order chi connectivity index (χ0) is 10.6. The second-order valence-electron chi connectivity index (χ2n) is 3.03. The highest BCUT2D eigenvalue weighted by Crippen LogP contribution is 2.13. The highest BCUT2D eigenvalue weighted by Gasteiger charge is 2.01. The molecule has 1 aromatic carbocycles. The van der Waals surface area contributed by atoms with Crippen molar-refractivity contribution in [1.29, 1.82) is 0 Å². The molecule has 0 amide bonds. The second-order valence-corrected chi connectivity index (χ2v) is 3.03. The highest BCUT2D eigenvalue weighted by atomic mass is 16.6. The summed E-state index contributed by atoms with van der Waals surface area (Å²) in [7, 11) is 0. The maximum atomic E-state index is 10.4. The van der Waals surface area contributed by atoms with Gasteiger partial charge < -0.3 is 0 Å². The number of nitrogens with zero attached hydrogens (tertiary/aromatic N) is 1. The molecule has 1 aromatic rings. The Kier molecular flexibility index (Phi) is 3.18. The summed E-state index contributed by atoms with van der Waals surface area (Å²) in [6.45, 7) is 5.61. The minimum Gasteiger partial charge on any atom is -0.258 e. The lowest BCUT2D eigenvalue weighted by atomic mass is 10.1. The van der Waals surface area contributed by atoms with Crippen LogP contribution < -0.4 is 0 Å². The first-order valence-corrected chi connectivity index (χ1v) is 4.17. The molecule has 0 aliphatic heterocycles. The van der Waals surface area contributed by atoms with Gasteiger partial charge in [0.05, 0.1) is 4.92 Å². The molecule has 0 fully saturated rings. The molecule has 0 atom stereocenters. The van der Waals surface area contributed by atoms with Gasteiger partial charge in [0.25, 0.3) is 5.69 Å². The Labute approximate surface area is 82.5 Å². The van der Waals surface area contributed by atoms with Crippen molar-refractivity contribution in [2.45, 2.75) is 6.92 Å². The van der Waals surface area contributed by atoms with Gasteiger partial charge >= 0.3 is 0 Å². The van der Waals surface area contributed by atoms with Crippen LogP contribution in [0.5, 0.6) is 0 Å². The number of allylic oxidation sites excluding steroid dienone is 2. The van der Waals surface area contributed by atoms with Crippen molar-refractivity contribution in [3.8, 4) is 0 Å². The largest absolute Gasteiger partial charge is 0.269 e. The predicted molar refractivity (Wildman–Crippen MR) is 56.9 cm³/mol. The number of hydrogen-bond donors (Lipinski definition) is 0. The minimum atomic E-state index is -0.410. The molecule has 3 heteroatoms. The summed E-state index contributed by atoms with van der Waals surface area (Å²) < 4.78 is 0. The number of nitro groups is 1. The quantitative estimate of drug-likeness (QED) is 0.416. The lowest BCUT2D eigenvalue weighted by Gasteiger charge is -1.93. The lowest BCUT2D eigenvalue weighted by Crippen LogP contribution is -1.86. The van der Waals surface area contributed by atoms with Crippen LogP contribution in [0.15, 0.2) is 42.5 Å². The summed E-state index contributed by atoms with van der Waals surface area (Å²) in [5.74, 6) is 0. The summed E-state index contributed by atoms with van der Waals surface area (Å²) in [5, 5.41) is 10.4. The highest BCUT2D eigenvalue weighted by molar-refractivity contribution is 5.54. The fourth-order valence-corrected chi connectivity index (χ4v) is 0.946. The van der Waals surface area contributed by atoms with E-state index in [0.717, 1.165) is 11.1 Å². The van der Waals surface area contributed by atoms with Gasteiger partial charge in [0, 0.05) is 12.1 Å². The molecule has 0 radical (unpaired) electrons. The summed E-state index contributed by atoms with van der Waals surface area (Å²) in [4.78, 5) is 9.94. The van der Waals surface area contributed by atoms with Crippen LogP contribution in [0.25, 0.3) is 6.08 Å². The van der Waals surface area contributed by atoms with Crippen molar-refractivity contribution >= 4 is 11.8 Å². The Bertz CT molecular complexity index is 377. The molecule has 0 aromatic heterocycles. The summed E-state index contributed by atoms with van der Waals surface area (Å²) in [6, 6.07) is 6.38. The Balaban J connectivity index is 2.83. The van der Waals surface area contributed by atoms with Gasteiger partial charge in [-0.3, -0.25) is 10.1 Å². The summed E-state index contributed by atoms with van der Waals surface area (Å²) in [5.41, 5.74) is 1.99. The Morgan fingerprint density at radius 1 is 1.43 bits per heavy atom. The van der Waals surface area contributed by atoms with Crippen LogP contribution in [-0.2, 0) is 0 Å². The smallest absolute Gasteiger partial charge is 0.258 e. The number of non-ortho nitro benzene ring substituents is 1. The van der Waals surface area contributed by atoms with E-state index in [1.54, 1.807) is 12.1 Å². The molecular weight excluding hydrogens is 178 g/mol. The van der Waals surface area contributed by atoms with E-state index in [9.17, 15) is 10.1 Å². The van der Waals surface area contributed by atoms with Crippen LogP contribution in [0.2, 0.25) is 0 Å². The van der Waals surface area contributed by atoms with Gasteiger partial charge in [-0.1, -0.05) is 24.3 Å². The van der Waals surface area contributed by atoms with E-state index >= 15 is 0 Å². The van der Waals surface area contributed by atoms with E-state index in [4.69, 9.17) is 0 Å². The fourth-order valence-electron chi connectivity index (χ4n) is 0.946. The third-order valence-electron chi connectivity index (χ3n) is 1.66. The number of hydrogen-bond acceptors (Lipinski definition) is 2. The lowest BCUT2D eigenvalue weighted by molar-refractivity contribution is -0.384. The van der Waals surface area contributed by atoms with Crippen LogP contribution in [0.4, 0.5) is 5.69 Å². The molecule has 0 N–H and O–H groups in total. The van der Waals surface area contributed by atoms with Crippen molar-refractivity contribution in [1.82, 2.24) is 0 Å². The Hall–Kier alpha value is -1.90.